The number of aryl methyl sites for hydroxylation is 1. The quantitative estimate of drug-likeness (QED) is 0.805. The fraction of sp³-hybridized carbons (Fsp3) is 0.182. The van der Waals surface area contributed by atoms with Gasteiger partial charge in [0.15, 0.2) is 0 Å². The second kappa shape index (κ2) is 4.83. The molecule has 0 aliphatic heterocycles. The van der Waals surface area contributed by atoms with E-state index in [1.165, 1.54) is 0 Å². The van der Waals surface area contributed by atoms with Crippen molar-refractivity contribution in [3.8, 4) is 12.3 Å². The van der Waals surface area contributed by atoms with Crippen LogP contribution in [0.2, 0.25) is 0 Å². The van der Waals surface area contributed by atoms with Crippen molar-refractivity contribution >= 4 is 27.5 Å². The molecular formula is C11H10BrNO. The van der Waals surface area contributed by atoms with Crippen molar-refractivity contribution in [3.63, 3.8) is 0 Å². The molecule has 0 aromatic heterocycles. The van der Waals surface area contributed by atoms with Gasteiger partial charge in [0.1, 0.15) is 0 Å². The maximum atomic E-state index is 11.2. The van der Waals surface area contributed by atoms with Crippen LogP contribution in [0.5, 0.6) is 0 Å². The van der Waals surface area contributed by atoms with Gasteiger partial charge in [-0.2, -0.15) is 0 Å². The molecule has 1 N–H and O–H groups in total. The molecule has 0 heterocycles. The van der Waals surface area contributed by atoms with E-state index in [0.717, 1.165) is 15.7 Å². The summed E-state index contributed by atoms with van der Waals surface area (Å²) in [5, 5.41) is 2.72. The third kappa shape index (κ3) is 2.90. The number of amides is 1. The first-order chi connectivity index (χ1) is 6.63. The predicted octanol–water partition coefficient (Wildman–Crippen LogP) is 2.72. The van der Waals surface area contributed by atoms with Gasteiger partial charge in [-0.1, -0.05) is 12.0 Å². The van der Waals surface area contributed by atoms with Crippen LogP contribution >= 0.6 is 15.9 Å². The minimum Gasteiger partial charge on any atom is -0.324 e. The molecular weight excluding hydrogens is 242 g/mol. The van der Waals surface area contributed by atoms with E-state index >= 15 is 0 Å². The maximum absolute atomic E-state index is 11.2. The van der Waals surface area contributed by atoms with Crippen LogP contribution in [0.4, 0.5) is 5.69 Å². The summed E-state index contributed by atoms with van der Waals surface area (Å²) < 4.78 is 0.855. The molecule has 1 aromatic rings. The van der Waals surface area contributed by atoms with Gasteiger partial charge in [-0.05, 0) is 40.5 Å². The Morgan fingerprint density at radius 2 is 2.36 bits per heavy atom. The standard InChI is InChI=1S/C11H10BrNO/c1-3-4-11(14)13-10-7-8(2)5-6-9(10)12/h1,5-7H,4H2,2H3,(H,13,14). The number of anilines is 1. The minimum absolute atomic E-state index is 0.0976. The first-order valence-electron chi connectivity index (χ1n) is 4.13. The molecule has 0 saturated carbocycles. The highest BCUT2D eigenvalue weighted by atomic mass is 79.9. The van der Waals surface area contributed by atoms with Gasteiger partial charge in [-0.25, -0.2) is 0 Å². The highest BCUT2D eigenvalue weighted by Gasteiger charge is 2.03. The smallest absolute Gasteiger partial charge is 0.236 e. The number of terminal acetylenes is 1. The van der Waals surface area contributed by atoms with Crippen LogP contribution in [0.15, 0.2) is 22.7 Å². The summed E-state index contributed by atoms with van der Waals surface area (Å²) in [5.74, 6) is 2.13. The van der Waals surface area contributed by atoms with E-state index in [9.17, 15) is 4.79 Å². The lowest BCUT2D eigenvalue weighted by molar-refractivity contribution is -0.115. The Bertz CT molecular complexity index is 393. The lowest BCUT2D eigenvalue weighted by Gasteiger charge is -2.06. The van der Waals surface area contributed by atoms with Gasteiger partial charge < -0.3 is 5.32 Å². The average Bonchev–Trinajstić information content (AvgIpc) is 2.12. The number of halogens is 1. The zero-order valence-electron chi connectivity index (χ0n) is 7.80. The summed E-state index contributed by atoms with van der Waals surface area (Å²) in [7, 11) is 0. The first-order valence-corrected chi connectivity index (χ1v) is 4.92. The monoisotopic (exact) mass is 251 g/mol. The zero-order chi connectivity index (χ0) is 10.6. The van der Waals surface area contributed by atoms with Crippen LogP contribution in [-0.4, -0.2) is 5.91 Å². The van der Waals surface area contributed by atoms with E-state index < -0.39 is 0 Å². The Morgan fingerprint density at radius 3 is 3.00 bits per heavy atom. The van der Waals surface area contributed by atoms with Crippen molar-refractivity contribution in [2.24, 2.45) is 0 Å². The third-order valence-electron chi connectivity index (χ3n) is 1.66. The van der Waals surface area contributed by atoms with Crippen molar-refractivity contribution in [1.82, 2.24) is 0 Å². The third-order valence-corrected chi connectivity index (χ3v) is 2.35. The average molecular weight is 252 g/mol. The van der Waals surface area contributed by atoms with Gasteiger partial charge in [0.25, 0.3) is 0 Å². The van der Waals surface area contributed by atoms with Crippen LogP contribution in [0.1, 0.15) is 12.0 Å². The van der Waals surface area contributed by atoms with Crippen LogP contribution in [0.25, 0.3) is 0 Å². The normalized spacial score (nSPS) is 9.21. The lowest BCUT2D eigenvalue weighted by Crippen LogP contribution is -2.10. The second-order valence-corrected chi connectivity index (χ2v) is 3.77. The zero-order valence-corrected chi connectivity index (χ0v) is 9.39. The van der Waals surface area contributed by atoms with Gasteiger partial charge in [0.2, 0.25) is 5.91 Å². The van der Waals surface area contributed by atoms with E-state index in [0.29, 0.717) is 0 Å². The van der Waals surface area contributed by atoms with Crippen LogP contribution in [-0.2, 0) is 4.79 Å². The van der Waals surface area contributed by atoms with Crippen LogP contribution in [0, 0.1) is 19.3 Å². The summed E-state index contributed by atoms with van der Waals surface area (Å²) in [4.78, 5) is 11.2. The molecule has 0 saturated heterocycles. The van der Waals surface area contributed by atoms with Gasteiger partial charge in [0, 0.05) is 4.47 Å². The Hall–Kier alpha value is -1.27. The number of nitrogens with one attached hydrogen (secondary N) is 1. The topological polar surface area (TPSA) is 29.1 Å². The lowest BCUT2D eigenvalue weighted by atomic mass is 10.2. The molecule has 72 valence electrons. The van der Waals surface area contributed by atoms with Crippen LogP contribution in [0.3, 0.4) is 0 Å². The van der Waals surface area contributed by atoms with Gasteiger partial charge in [0.05, 0.1) is 12.1 Å². The Labute approximate surface area is 91.8 Å². The molecule has 14 heavy (non-hydrogen) atoms. The Morgan fingerprint density at radius 1 is 1.64 bits per heavy atom. The molecule has 0 aliphatic rings. The molecule has 2 nitrogen and oxygen atoms in total. The molecule has 0 aliphatic carbocycles. The van der Waals surface area contributed by atoms with E-state index in [2.05, 4.69) is 27.2 Å². The highest BCUT2D eigenvalue weighted by Crippen LogP contribution is 2.23. The van der Waals surface area contributed by atoms with E-state index in [-0.39, 0.29) is 12.3 Å². The molecule has 0 bridgehead atoms. The number of benzene rings is 1. The Balaban J connectivity index is 2.81. The maximum Gasteiger partial charge on any atom is 0.236 e. The van der Waals surface area contributed by atoms with Crippen molar-refractivity contribution < 1.29 is 4.79 Å². The fourth-order valence-corrected chi connectivity index (χ4v) is 1.37. The van der Waals surface area contributed by atoms with Gasteiger partial charge >= 0.3 is 0 Å². The van der Waals surface area contributed by atoms with Crippen molar-refractivity contribution in [2.75, 3.05) is 5.32 Å². The largest absolute Gasteiger partial charge is 0.324 e. The summed E-state index contributed by atoms with van der Waals surface area (Å²) in [6.07, 6.45) is 5.13. The fourth-order valence-electron chi connectivity index (χ4n) is 1.02. The summed E-state index contributed by atoms with van der Waals surface area (Å²) in [6, 6.07) is 5.74. The minimum atomic E-state index is -0.168. The molecule has 0 atom stereocenters. The first kappa shape index (κ1) is 10.8. The number of carbonyl (C=O) groups excluding carboxylic acids is 1. The number of rotatable bonds is 2. The molecule has 0 fully saturated rings. The molecule has 1 amide bonds. The second-order valence-electron chi connectivity index (χ2n) is 2.91. The molecule has 1 aromatic carbocycles. The van der Waals surface area contributed by atoms with E-state index in [1.807, 2.05) is 25.1 Å². The number of hydrogen-bond acceptors (Lipinski definition) is 1. The van der Waals surface area contributed by atoms with Gasteiger partial charge in [-0.3, -0.25) is 4.79 Å². The van der Waals surface area contributed by atoms with E-state index in [4.69, 9.17) is 6.42 Å². The van der Waals surface area contributed by atoms with Crippen LogP contribution < -0.4 is 5.32 Å². The summed E-state index contributed by atoms with van der Waals surface area (Å²) in [6.45, 7) is 1.96. The molecule has 3 heteroatoms. The van der Waals surface area contributed by atoms with Crippen molar-refractivity contribution in [2.45, 2.75) is 13.3 Å². The number of carbonyl (C=O) groups is 1. The summed E-state index contributed by atoms with van der Waals surface area (Å²) in [5.41, 5.74) is 1.84. The van der Waals surface area contributed by atoms with Gasteiger partial charge in [-0.15, -0.1) is 6.42 Å². The van der Waals surface area contributed by atoms with E-state index in [1.54, 1.807) is 0 Å². The Kier molecular flexibility index (Phi) is 3.73. The SMILES string of the molecule is C#CCC(=O)Nc1cc(C)ccc1Br. The highest BCUT2D eigenvalue weighted by molar-refractivity contribution is 9.10. The molecule has 1 rings (SSSR count). The molecule has 0 unspecified atom stereocenters. The van der Waals surface area contributed by atoms with Crippen molar-refractivity contribution in [1.29, 1.82) is 0 Å². The predicted molar refractivity (Wildman–Crippen MR) is 61.0 cm³/mol. The van der Waals surface area contributed by atoms with Crippen molar-refractivity contribution in [3.05, 3.63) is 28.2 Å². The molecule has 0 radical (unpaired) electrons. The molecule has 0 spiro atoms. The number of hydrogen-bond donors (Lipinski definition) is 1. The summed E-state index contributed by atoms with van der Waals surface area (Å²) >= 11 is 3.34.